The molecule has 0 saturated heterocycles. The predicted octanol–water partition coefficient (Wildman–Crippen LogP) is 3.92. The zero-order chi connectivity index (χ0) is 21.8. The summed E-state index contributed by atoms with van der Waals surface area (Å²) in [7, 11) is 1.36. The minimum Gasteiger partial charge on any atom is -0.493 e. The Kier molecular flexibility index (Phi) is 6.34. The van der Waals surface area contributed by atoms with Crippen LogP contribution in [0.3, 0.4) is 0 Å². The molecule has 0 unspecified atom stereocenters. The maximum absolute atomic E-state index is 12.7. The number of fused-ring (bicyclic) bond motifs is 1. The van der Waals surface area contributed by atoms with Crippen LogP contribution < -0.4 is 9.47 Å². The fourth-order valence-electron chi connectivity index (χ4n) is 3.53. The first-order chi connectivity index (χ1) is 14.3. The molecule has 8 nitrogen and oxygen atoms in total. The minimum absolute atomic E-state index is 0.144. The first-order valence-electron chi connectivity index (χ1n) is 9.71. The molecule has 0 bridgehead atoms. The van der Waals surface area contributed by atoms with E-state index in [4.69, 9.17) is 14.2 Å². The number of rotatable bonds is 8. The van der Waals surface area contributed by atoms with E-state index < -0.39 is 22.7 Å². The lowest BCUT2D eigenvalue weighted by atomic mass is 10.0. The molecule has 1 aliphatic rings. The van der Waals surface area contributed by atoms with Crippen LogP contribution in [0, 0.1) is 10.1 Å². The van der Waals surface area contributed by atoms with Crippen molar-refractivity contribution in [1.29, 1.82) is 0 Å². The number of methoxy groups -OCH3 is 1. The van der Waals surface area contributed by atoms with Crippen molar-refractivity contribution < 1.29 is 28.7 Å². The van der Waals surface area contributed by atoms with Crippen LogP contribution in [-0.4, -0.2) is 36.5 Å². The molecular weight excluding hydrogens is 390 g/mol. The van der Waals surface area contributed by atoms with Gasteiger partial charge < -0.3 is 14.2 Å². The highest BCUT2D eigenvalue weighted by Gasteiger charge is 2.29. The lowest BCUT2D eigenvalue weighted by molar-refractivity contribution is -0.385. The number of ketones is 1. The van der Waals surface area contributed by atoms with Gasteiger partial charge in [-0.05, 0) is 50.3 Å². The van der Waals surface area contributed by atoms with Gasteiger partial charge >= 0.3 is 5.97 Å². The Balaban J connectivity index is 1.83. The number of aryl methyl sites for hydroxylation is 2. The zero-order valence-electron chi connectivity index (χ0n) is 17.1. The van der Waals surface area contributed by atoms with Gasteiger partial charge in [0, 0.05) is 11.6 Å². The molecule has 3 rings (SSSR count). The van der Waals surface area contributed by atoms with Crippen LogP contribution in [0.5, 0.6) is 11.5 Å². The van der Waals surface area contributed by atoms with Gasteiger partial charge in [-0.2, -0.15) is 0 Å². The number of esters is 1. The van der Waals surface area contributed by atoms with Crippen LogP contribution in [0.4, 0.5) is 5.69 Å². The summed E-state index contributed by atoms with van der Waals surface area (Å²) in [4.78, 5) is 36.2. The molecule has 30 heavy (non-hydrogen) atoms. The summed E-state index contributed by atoms with van der Waals surface area (Å²) < 4.78 is 15.8. The Morgan fingerprint density at radius 3 is 2.53 bits per heavy atom. The number of nitrogens with zero attached hydrogens (tertiary/aromatic N) is 1. The molecule has 1 aliphatic carbocycles. The Labute approximate surface area is 173 Å². The summed E-state index contributed by atoms with van der Waals surface area (Å²) in [6, 6.07) is 7.78. The molecule has 0 radical (unpaired) electrons. The molecule has 0 fully saturated rings. The molecule has 0 aliphatic heterocycles. The number of nitro groups is 1. The lowest BCUT2D eigenvalue weighted by Gasteiger charge is -2.15. The van der Waals surface area contributed by atoms with E-state index in [1.165, 1.54) is 25.7 Å². The van der Waals surface area contributed by atoms with Crippen LogP contribution in [0.1, 0.15) is 52.1 Å². The van der Waals surface area contributed by atoms with Gasteiger partial charge in [-0.1, -0.05) is 12.1 Å². The van der Waals surface area contributed by atoms with Gasteiger partial charge in [-0.25, -0.2) is 4.79 Å². The summed E-state index contributed by atoms with van der Waals surface area (Å²) in [5.41, 5.74) is 2.02. The number of hydrogen-bond acceptors (Lipinski definition) is 7. The highest BCUT2D eigenvalue weighted by molar-refractivity contribution is 6.02. The van der Waals surface area contributed by atoms with Gasteiger partial charge in [0.15, 0.2) is 17.6 Å². The van der Waals surface area contributed by atoms with E-state index in [0.717, 1.165) is 30.9 Å². The Hall–Kier alpha value is -3.42. The highest BCUT2D eigenvalue weighted by Crippen LogP contribution is 2.35. The second-order valence-corrected chi connectivity index (χ2v) is 6.96. The van der Waals surface area contributed by atoms with E-state index in [9.17, 15) is 19.7 Å². The summed E-state index contributed by atoms with van der Waals surface area (Å²) in [5, 5.41) is 11.5. The predicted molar refractivity (Wildman–Crippen MR) is 108 cm³/mol. The van der Waals surface area contributed by atoms with Crippen LogP contribution in [0.15, 0.2) is 30.3 Å². The Morgan fingerprint density at radius 1 is 1.13 bits per heavy atom. The van der Waals surface area contributed by atoms with Crippen LogP contribution in [0.2, 0.25) is 0 Å². The third-order valence-corrected chi connectivity index (χ3v) is 5.03. The van der Waals surface area contributed by atoms with Crippen molar-refractivity contribution in [2.75, 3.05) is 13.7 Å². The van der Waals surface area contributed by atoms with E-state index in [0.29, 0.717) is 5.56 Å². The minimum atomic E-state index is -1.10. The van der Waals surface area contributed by atoms with Crippen molar-refractivity contribution in [1.82, 2.24) is 0 Å². The average molecular weight is 413 g/mol. The SMILES string of the molecule is CCOc1cc([N+](=O)[O-])c(C(=O)O[C@@H](C)C(=O)c2ccc3c(c2)CCC3)cc1OC. The first kappa shape index (κ1) is 21.3. The fraction of sp³-hybridized carbons (Fsp3) is 0.364. The molecule has 2 aromatic rings. The lowest BCUT2D eigenvalue weighted by Crippen LogP contribution is -2.25. The van der Waals surface area contributed by atoms with Crippen molar-refractivity contribution >= 4 is 17.4 Å². The second kappa shape index (κ2) is 8.94. The summed E-state index contributed by atoms with van der Waals surface area (Å²) in [6.07, 6.45) is 1.87. The largest absolute Gasteiger partial charge is 0.493 e. The summed E-state index contributed by atoms with van der Waals surface area (Å²) in [6.45, 7) is 3.44. The third kappa shape index (κ3) is 4.27. The van der Waals surface area contributed by atoms with Crippen molar-refractivity contribution in [3.63, 3.8) is 0 Å². The van der Waals surface area contributed by atoms with Gasteiger partial charge in [0.1, 0.15) is 5.56 Å². The Bertz CT molecular complexity index is 999. The van der Waals surface area contributed by atoms with Crippen LogP contribution in [-0.2, 0) is 17.6 Å². The van der Waals surface area contributed by atoms with Crippen molar-refractivity contribution in [2.45, 2.75) is 39.2 Å². The van der Waals surface area contributed by atoms with Gasteiger partial charge in [-0.15, -0.1) is 0 Å². The van der Waals surface area contributed by atoms with E-state index in [-0.39, 0.29) is 29.5 Å². The molecular formula is C22H23NO7. The molecule has 158 valence electrons. The Morgan fingerprint density at radius 2 is 1.87 bits per heavy atom. The van der Waals surface area contributed by atoms with Crippen molar-refractivity contribution in [3.8, 4) is 11.5 Å². The van der Waals surface area contributed by atoms with Crippen molar-refractivity contribution in [3.05, 3.63) is 62.7 Å². The van der Waals surface area contributed by atoms with Gasteiger partial charge in [0.25, 0.3) is 5.69 Å². The molecule has 8 heteroatoms. The average Bonchev–Trinajstić information content (AvgIpc) is 3.20. The summed E-state index contributed by atoms with van der Waals surface area (Å²) in [5.74, 6) is -1.04. The molecule has 0 saturated carbocycles. The number of Topliss-reactive ketones (excluding diaryl/α,β-unsaturated/α-hetero) is 1. The molecule has 0 heterocycles. The topological polar surface area (TPSA) is 105 Å². The molecule has 1 atom stereocenters. The van der Waals surface area contributed by atoms with Gasteiger partial charge in [0.2, 0.25) is 5.78 Å². The zero-order valence-corrected chi connectivity index (χ0v) is 17.1. The number of carbonyl (C=O) groups is 2. The maximum Gasteiger partial charge on any atom is 0.346 e. The first-order valence-corrected chi connectivity index (χ1v) is 9.71. The second-order valence-electron chi connectivity index (χ2n) is 6.96. The number of carbonyl (C=O) groups excluding carboxylic acids is 2. The normalized spacial score (nSPS) is 13.3. The van der Waals surface area contributed by atoms with E-state index in [1.807, 2.05) is 12.1 Å². The fourth-order valence-corrected chi connectivity index (χ4v) is 3.53. The molecule has 0 N–H and O–H groups in total. The monoisotopic (exact) mass is 413 g/mol. The van der Waals surface area contributed by atoms with Gasteiger partial charge in [0.05, 0.1) is 24.7 Å². The molecule has 0 aromatic heterocycles. The molecule has 0 spiro atoms. The standard InChI is InChI=1S/C22H23NO7/c1-4-29-20-12-18(23(26)27)17(11-19(20)28-3)22(25)30-13(2)21(24)16-9-8-14-6-5-7-15(14)10-16/h8-13H,4-7H2,1-3H3/t13-/m0/s1. The smallest absolute Gasteiger partial charge is 0.346 e. The third-order valence-electron chi connectivity index (χ3n) is 5.03. The quantitative estimate of drug-likeness (QED) is 0.279. The van der Waals surface area contributed by atoms with E-state index in [2.05, 4.69) is 0 Å². The number of ether oxygens (including phenoxy) is 3. The van der Waals surface area contributed by atoms with Crippen LogP contribution in [0.25, 0.3) is 0 Å². The van der Waals surface area contributed by atoms with Crippen molar-refractivity contribution in [2.24, 2.45) is 0 Å². The maximum atomic E-state index is 12.7. The number of benzene rings is 2. The molecule has 2 aromatic carbocycles. The highest BCUT2D eigenvalue weighted by atomic mass is 16.6. The van der Waals surface area contributed by atoms with Crippen LogP contribution >= 0.6 is 0 Å². The van der Waals surface area contributed by atoms with E-state index in [1.54, 1.807) is 13.0 Å². The number of hydrogen-bond donors (Lipinski definition) is 0. The number of nitro benzene ring substituents is 1. The van der Waals surface area contributed by atoms with E-state index >= 15 is 0 Å². The summed E-state index contributed by atoms with van der Waals surface area (Å²) >= 11 is 0. The van der Waals surface area contributed by atoms with Gasteiger partial charge in [-0.3, -0.25) is 14.9 Å². The molecule has 0 amide bonds.